The van der Waals surface area contributed by atoms with Crippen molar-refractivity contribution in [2.45, 2.75) is 32.2 Å². The number of ketones is 1. The molecule has 0 spiro atoms. The minimum atomic E-state index is -0.697. The van der Waals surface area contributed by atoms with Gasteiger partial charge >= 0.3 is 0 Å². The maximum Gasteiger partial charge on any atom is 0.167 e. The molecule has 0 bridgehead atoms. The molecule has 1 aromatic carbocycles. The second-order valence-electron chi connectivity index (χ2n) is 5.75. The Balaban J connectivity index is 2.11. The van der Waals surface area contributed by atoms with Gasteiger partial charge in [0.1, 0.15) is 11.5 Å². The van der Waals surface area contributed by atoms with E-state index in [4.69, 9.17) is 14.2 Å². The van der Waals surface area contributed by atoms with Crippen molar-refractivity contribution in [2.24, 2.45) is 5.92 Å². The Hall–Kier alpha value is -1.59. The molecule has 2 atom stereocenters. The van der Waals surface area contributed by atoms with Crippen molar-refractivity contribution in [3.63, 3.8) is 0 Å². The normalized spacial score (nSPS) is 27.6. The molecule has 1 saturated heterocycles. The van der Waals surface area contributed by atoms with E-state index in [1.165, 1.54) is 13.2 Å². The summed E-state index contributed by atoms with van der Waals surface area (Å²) in [6, 6.07) is 3.23. The third kappa shape index (κ3) is 2.07. The van der Waals surface area contributed by atoms with E-state index in [-0.39, 0.29) is 23.6 Å². The molecule has 0 unspecified atom stereocenters. The first-order valence-corrected chi connectivity index (χ1v) is 6.67. The molecule has 0 saturated carbocycles. The molecule has 108 valence electrons. The summed E-state index contributed by atoms with van der Waals surface area (Å²) in [4.78, 5) is 12.2. The van der Waals surface area contributed by atoms with Crippen LogP contribution in [0.4, 0.5) is 0 Å². The van der Waals surface area contributed by atoms with E-state index >= 15 is 0 Å². The highest BCUT2D eigenvalue weighted by atomic mass is 16.7. The zero-order valence-electron chi connectivity index (χ0n) is 11.8. The van der Waals surface area contributed by atoms with Gasteiger partial charge in [-0.25, -0.2) is 0 Å². The fourth-order valence-corrected chi connectivity index (χ4v) is 2.92. The highest BCUT2D eigenvalue weighted by molar-refractivity contribution is 6.01. The Bertz CT molecular complexity index is 564. The van der Waals surface area contributed by atoms with Gasteiger partial charge in [-0.3, -0.25) is 4.79 Å². The number of benzene rings is 1. The zero-order valence-corrected chi connectivity index (χ0v) is 11.8. The van der Waals surface area contributed by atoms with Gasteiger partial charge in [-0.05, 0) is 25.5 Å². The average Bonchev–Trinajstić information content (AvgIpc) is 2.38. The van der Waals surface area contributed by atoms with Gasteiger partial charge in [0.2, 0.25) is 0 Å². The number of methoxy groups -OCH3 is 1. The number of carbonyl (C=O) groups is 1. The minimum Gasteiger partial charge on any atom is -0.507 e. The fourth-order valence-electron chi connectivity index (χ4n) is 2.92. The molecule has 5 nitrogen and oxygen atoms in total. The summed E-state index contributed by atoms with van der Waals surface area (Å²) in [5.41, 5.74) is 1.05. The highest BCUT2D eigenvalue weighted by Gasteiger charge is 2.44. The lowest BCUT2D eigenvalue weighted by Gasteiger charge is -2.43. The maximum atomic E-state index is 12.2. The van der Waals surface area contributed by atoms with Gasteiger partial charge in [-0.15, -0.1) is 0 Å². The molecule has 2 aliphatic rings. The van der Waals surface area contributed by atoms with Crippen LogP contribution in [-0.2, 0) is 9.47 Å². The van der Waals surface area contributed by atoms with Gasteiger partial charge < -0.3 is 19.3 Å². The van der Waals surface area contributed by atoms with E-state index in [0.717, 1.165) is 0 Å². The van der Waals surface area contributed by atoms with Gasteiger partial charge in [0, 0.05) is 18.4 Å². The number of hydrogen-bond donors (Lipinski definition) is 1. The first-order valence-electron chi connectivity index (χ1n) is 6.67. The second kappa shape index (κ2) is 4.46. The Kier molecular flexibility index (Phi) is 2.99. The van der Waals surface area contributed by atoms with Crippen molar-refractivity contribution >= 4 is 5.78 Å². The highest BCUT2D eigenvalue weighted by Crippen LogP contribution is 2.46. The molecule has 0 aromatic heterocycles. The Morgan fingerprint density at radius 3 is 2.85 bits per heavy atom. The first kappa shape index (κ1) is 13.4. The van der Waals surface area contributed by atoms with Gasteiger partial charge in [0.05, 0.1) is 25.4 Å². The first-order chi connectivity index (χ1) is 9.41. The van der Waals surface area contributed by atoms with Crippen LogP contribution < -0.4 is 4.74 Å². The molecule has 0 amide bonds. The largest absolute Gasteiger partial charge is 0.507 e. The lowest BCUT2D eigenvalue weighted by Crippen LogP contribution is -2.44. The van der Waals surface area contributed by atoms with Crippen LogP contribution >= 0.6 is 0 Å². The molecule has 1 aliphatic heterocycles. The summed E-state index contributed by atoms with van der Waals surface area (Å²) < 4.78 is 16.8. The van der Waals surface area contributed by atoms with E-state index < -0.39 is 5.79 Å². The van der Waals surface area contributed by atoms with Crippen molar-refractivity contribution in [1.82, 2.24) is 0 Å². The van der Waals surface area contributed by atoms with Gasteiger partial charge in [-0.2, -0.15) is 0 Å². The van der Waals surface area contributed by atoms with Crippen molar-refractivity contribution in [2.75, 3.05) is 13.7 Å². The van der Waals surface area contributed by atoms with Crippen LogP contribution in [0.25, 0.3) is 0 Å². The number of phenols is 1. The number of ether oxygens (including phenoxy) is 3. The number of fused-ring (bicyclic) bond motifs is 3. The summed E-state index contributed by atoms with van der Waals surface area (Å²) in [7, 11) is 1.53. The molecule has 20 heavy (non-hydrogen) atoms. The second-order valence-corrected chi connectivity index (χ2v) is 5.75. The Morgan fingerprint density at radius 2 is 2.15 bits per heavy atom. The molecular weight excluding hydrogens is 260 g/mol. The molecule has 0 radical (unpaired) electrons. The maximum absolute atomic E-state index is 12.2. The molecule has 1 aromatic rings. The smallest absolute Gasteiger partial charge is 0.167 e. The van der Waals surface area contributed by atoms with Gasteiger partial charge in [-0.1, -0.05) is 0 Å². The van der Waals surface area contributed by atoms with Crippen molar-refractivity contribution in [3.05, 3.63) is 23.3 Å². The SMILES string of the molecule is COc1cc(O)c2c(c1)[C@@H]1OC(C)(C)OC[C@@H]1CC2=O. The van der Waals surface area contributed by atoms with E-state index in [0.29, 0.717) is 29.9 Å². The lowest BCUT2D eigenvalue weighted by atomic mass is 9.79. The molecule has 5 heteroatoms. The van der Waals surface area contributed by atoms with Crippen molar-refractivity contribution < 1.29 is 24.1 Å². The third-order valence-electron chi connectivity index (χ3n) is 3.87. The van der Waals surface area contributed by atoms with E-state index in [9.17, 15) is 9.90 Å². The third-order valence-corrected chi connectivity index (χ3v) is 3.87. The van der Waals surface area contributed by atoms with Gasteiger partial charge in [0.25, 0.3) is 0 Å². The number of aromatic hydroxyl groups is 1. The Morgan fingerprint density at radius 1 is 1.40 bits per heavy atom. The van der Waals surface area contributed by atoms with E-state index in [2.05, 4.69) is 0 Å². The number of Topliss-reactive ketones (excluding diaryl/α,β-unsaturated/α-hetero) is 1. The van der Waals surface area contributed by atoms with Crippen LogP contribution in [-0.4, -0.2) is 30.4 Å². The summed E-state index contributed by atoms with van der Waals surface area (Å²) in [6.07, 6.45) is 0.0700. The molecule has 1 N–H and O–H groups in total. The van der Waals surface area contributed by atoms with Gasteiger partial charge in [0.15, 0.2) is 11.6 Å². The number of phenolic OH excluding ortho intramolecular Hbond substituents is 1. The quantitative estimate of drug-likeness (QED) is 0.854. The average molecular weight is 278 g/mol. The molecule has 1 aliphatic carbocycles. The van der Waals surface area contributed by atoms with Crippen LogP contribution in [0.2, 0.25) is 0 Å². The summed E-state index contributed by atoms with van der Waals surface area (Å²) in [6.45, 7) is 4.17. The fraction of sp³-hybridized carbons (Fsp3) is 0.533. The number of rotatable bonds is 1. The molecule has 1 fully saturated rings. The molecule has 3 rings (SSSR count). The van der Waals surface area contributed by atoms with Crippen molar-refractivity contribution in [3.8, 4) is 11.5 Å². The van der Waals surface area contributed by atoms with E-state index in [1.54, 1.807) is 6.07 Å². The van der Waals surface area contributed by atoms with Crippen LogP contribution in [0.5, 0.6) is 11.5 Å². The minimum absolute atomic E-state index is 0.0190. The summed E-state index contributed by atoms with van der Waals surface area (Å²) in [5.74, 6) is -0.321. The van der Waals surface area contributed by atoms with E-state index in [1.807, 2.05) is 13.8 Å². The predicted molar refractivity (Wildman–Crippen MR) is 71.0 cm³/mol. The lowest BCUT2D eigenvalue weighted by molar-refractivity contribution is -0.296. The molecular formula is C15H18O5. The van der Waals surface area contributed by atoms with Crippen LogP contribution in [0.3, 0.4) is 0 Å². The van der Waals surface area contributed by atoms with Crippen molar-refractivity contribution in [1.29, 1.82) is 0 Å². The van der Waals surface area contributed by atoms with Crippen LogP contribution in [0, 0.1) is 5.92 Å². The Labute approximate surface area is 117 Å². The monoisotopic (exact) mass is 278 g/mol. The standard InChI is InChI=1S/C15H18O5/c1-15(2)19-7-8-4-11(16)13-10(14(8)20-15)5-9(18-3)6-12(13)17/h5-6,8,14,17H,4,7H2,1-3H3/t8-,14+/m0/s1. The van der Waals surface area contributed by atoms with Crippen LogP contribution in [0.1, 0.15) is 42.3 Å². The van der Waals surface area contributed by atoms with Crippen LogP contribution in [0.15, 0.2) is 12.1 Å². The zero-order chi connectivity index (χ0) is 14.5. The number of carbonyl (C=O) groups excluding carboxylic acids is 1. The molecule has 1 heterocycles. The summed E-state index contributed by atoms with van der Waals surface area (Å²) >= 11 is 0. The predicted octanol–water partition coefficient (Wildman–Crippen LogP) is 2.43. The summed E-state index contributed by atoms with van der Waals surface area (Å²) in [5, 5.41) is 10.1. The topological polar surface area (TPSA) is 65.0 Å². The number of hydrogen-bond acceptors (Lipinski definition) is 5.